The largest absolute Gasteiger partial charge is 2.00 e. The molecule has 0 saturated carbocycles. The smallest absolute Gasteiger partial charge is 0.262 e. The summed E-state index contributed by atoms with van der Waals surface area (Å²) in [5.41, 5.74) is 3.14. The molecule has 0 aliphatic rings. The third kappa shape index (κ3) is 30.3. The second kappa shape index (κ2) is 31.7. The summed E-state index contributed by atoms with van der Waals surface area (Å²) in [6.45, 7) is 55.7. The van der Waals surface area contributed by atoms with Crippen LogP contribution >= 0.6 is 95.7 Å². The first-order valence-corrected chi connectivity index (χ1v) is 35.3. The van der Waals surface area contributed by atoms with E-state index >= 15 is 0 Å². The van der Waals surface area contributed by atoms with Crippen LogP contribution in [-0.2, 0) is 43.3 Å². The quantitative estimate of drug-likeness (QED) is 0.112. The Morgan fingerprint density at radius 2 is 0.409 bits per heavy atom. The van der Waals surface area contributed by atoms with Gasteiger partial charge in [-0.15, -0.1) is 40.2 Å². The first-order chi connectivity index (χ1) is 28.8. The Morgan fingerprint density at radius 1 is 0.273 bits per heavy atom. The number of aromatic nitrogens is 4. The van der Waals surface area contributed by atoms with Gasteiger partial charge in [0.1, 0.15) is 0 Å². The van der Waals surface area contributed by atoms with Gasteiger partial charge in [-0.05, 0) is 0 Å². The second-order valence-corrected chi connectivity index (χ2v) is 40.9. The number of rotatable bonds is 0. The molecule has 0 fully saturated rings. The van der Waals surface area contributed by atoms with Crippen LogP contribution in [0, 0.1) is 0 Å². The fraction of sp³-hybridized carbons (Fsp3) is 0.667. The molecular formula is C48H80N4P12Sr2. The fourth-order valence-corrected chi connectivity index (χ4v) is 31.3. The Hall–Kier alpha value is 3.68. The normalized spacial score (nSPS) is 13.5. The van der Waals surface area contributed by atoms with Crippen molar-refractivity contribution < 1.29 is 0 Å². The Labute approximate surface area is 499 Å². The molecule has 0 amide bonds. The molecule has 6 aromatic rings. The molecule has 0 saturated heterocycles. The fourth-order valence-electron chi connectivity index (χ4n) is 4.01. The Kier molecular flexibility index (Phi) is 34.4. The van der Waals surface area contributed by atoms with E-state index in [0.717, 1.165) is 0 Å². The maximum atomic E-state index is 3.72. The zero-order valence-electron chi connectivity index (χ0n) is 45.2. The van der Waals surface area contributed by atoms with Crippen LogP contribution in [0.3, 0.4) is 0 Å². The van der Waals surface area contributed by atoms with Crippen molar-refractivity contribution in [1.82, 2.24) is 19.9 Å². The van der Waals surface area contributed by atoms with Gasteiger partial charge in [-0.25, -0.2) is 0 Å². The van der Waals surface area contributed by atoms with Crippen molar-refractivity contribution in [3.8, 4) is 0 Å². The summed E-state index contributed by atoms with van der Waals surface area (Å²) in [7, 11) is 18.3. The molecule has 6 rings (SSSR count). The van der Waals surface area contributed by atoms with Crippen LogP contribution < -0.4 is 0 Å². The molecule has 0 unspecified atom stereocenters. The van der Waals surface area contributed by atoms with Gasteiger partial charge in [-0.3, -0.25) is 52.7 Å². The average molecular weight is 1260 g/mol. The SMILES string of the molecule is CC(C)(C)c1pp[c-](C(C)(C)C)p1.CC(C)(C)c1pp[c-](C(C)(C)C)p1.CC(C)(C)c1pp[c-](C(C)(C)C)p1.CC(C)(C)c1pp[c-](C(C)(C)C)p1.[Sr+2].[Sr+2].c1cnccn1.c1cnccn1. The topological polar surface area (TPSA) is 51.6 Å². The van der Waals surface area contributed by atoms with Gasteiger partial charge in [0.2, 0.25) is 0 Å². The maximum absolute atomic E-state index is 3.72. The molecule has 6 aromatic heterocycles. The van der Waals surface area contributed by atoms with Crippen molar-refractivity contribution in [2.75, 3.05) is 0 Å². The van der Waals surface area contributed by atoms with Crippen LogP contribution in [0.1, 0.15) is 206 Å². The Morgan fingerprint density at radius 3 is 0.470 bits per heavy atom. The van der Waals surface area contributed by atoms with Gasteiger partial charge in [0.15, 0.2) is 0 Å². The van der Waals surface area contributed by atoms with E-state index in [2.05, 4.69) is 186 Å². The minimum atomic E-state index is 0. The molecular weight excluding hydrogens is 1180 g/mol. The van der Waals surface area contributed by atoms with E-state index in [1.54, 1.807) is 89.8 Å². The molecule has 0 spiro atoms. The molecule has 6 heterocycles. The molecule has 0 bridgehead atoms. The van der Waals surface area contributed by atoms with E-state index in [1.165, 1.54) is 95.7 Å². The molecule has 18 heteroatoms. The van der Waals surface area contributed by atoms with Crippen molar-refractivity contribution >= 4 is 187 Å². The molecule has 0 atom stereocenters. The van der Waals surface area contributed by atoms with Crippen LogP contribution in [0.4, 0.5) is 0 Å². The second-order valence-electron chi connectivity index (χ2n) is 23.6. The third-order valence-electron chi connectivity index (χ3n) is 8.13. The van der Waals surface area contributed by atoms with Gasteiger partial charge < -0.3 is 0 Å². The summed E-state index contributed by atoms with van der Waals surface area (Å²) < 4.78 is 0. The van der Waals surface area contributed by atoms with Gasteiger partial charge >= 0.3 is 91.0 Å². The number of hydrogen-bond donors (Lipinski definition) is 0. The van der Waals surface area contributed by atoms with Crippen LogP contribution in [0.5, 0.6) is 0 Å². The summed E-state index contributed by atoms with van der Waals surface area (Å²) in [6.07, 6.45) is 13.1. The number of nitrogens with zero attached hydrogens (tertiary/aromatic N) is 4. The van der Waals surface area contributed by atoms with E-state index in [1.807, 2.05) is 0 Å². The molecule has 0 aliphatic carbocycles. The predicted molar refractivity (Wildman–Crippen MR) is 323 cm³/mol. The summed E-state index contributed by atoms with van der Waals surface area (Å²) >= 11 is 0. The van der Waals surface area contributed by atoms with Crippen LogP contribution in [0.2, 0.25) is 0 Å². The summed E-state index contributed by atoms with van der Waals surface area (Å²) in [5, 5.41) is 13.4. The molecule has 0 aromatic carbocycles. The Balaban J connectivity index is 0. The first-order valence-electron chi connectivity index (χ1n) is 21.8. The Bertz CT molecular complexity index is 1720. The van der Waals surface area contributed by atoms with Gasteiger partial charge in [0.05, 0.1) is 0 Å². The van der Waals surface area contributed by atoms with Crippen LogP contribution in [-0.4, -0.2) is 111 Å². The zero-order valence-corrected chi connectivity index (χ0v) is 62.9. The van der Waals surface area contributed by atoms with Gasteiger partial charge in [0, 0.05) is 49.6 Å². The van der Waals surface area contributed by atoms with Crippen molar-refractivity contribution in [1.29, 1.82) is 0 Å². The monoisotopic (exact) mass is 1260 g/mol. The van der Waals surface area contributed by atoms with Gasteiger partial charge in [-0.2, -0.15) is 63.0 Å². The van der Waals surface area contributed by atoms with Gasteiger partial charge in [0.25, 0.3) is 0 Å². The first kappa shape index (κ1) is 71.8. The van der Waals surface area contributed by atoms with Crippen molar-refractivity contribution in [2.24, 2.45) is 0 Å². The van der Waals surface area contributed by atoms with E-state index in [-0.39, 0.29) is 91.0 Å². The van der Waals surface area contributed by atoms with Crippen molar-refractivity contribution in [3.63, 3.8) is 0 Å². The molecule has 0 radical (unpaired) electrons. The predicted octanol–water partition coefficient (Wildman–Crippen LogP) is 23.2. The average Bonchev–Trinajstić information content (AvgIpc) is 3.99. The minimum absolute atomic E-state index is 0. The van der Waals surface area contributed by atoms with Crippen molar-refractivity contribution in [2.45, 2.75) is 209 Å². The maximum Gasteiger partial charge on any atom is 2.00 e. The van der Waals surface area contributed by atoms with Gasteiger partial charge in [-0.1, -0.05) is 209 Å². The minimum Gasteiger partial charge on any atom is -0.262 e. The number of hydrogen-bond acceptors (Lipinski definition) is 4. The van der Waals surface area contributed by atoms with Crippen molar-refractivity contribution in [3.05, 3.63) is 89.8 Å². The van der Waals surface area contributed by atoms with E-state index in [4.69, 9.17) is 0 Å². The molecule has 4 nitrogen and oxygen atoms in total. The molecule has 0 N–H and O–H groups in total. The van der Waals surface area contributed by atoms with Crippen LogP contribution in [0.15, 0.2) is 49.6 Å². The molecule has 66 heavy (non-hydrogen) atoms. The van der Waals surface area contributed by atoms with E-state index < -0.39 is 0 Å². The zero-order chi connectivity index (χ0) is 49.6. The van der Waals surface area contributed by atoms with Crippen LogP contribution in [0.25, 0.3) is 0 Å². The summed E-state index contributed by atoms with van der Waals surface area (Å²) in [6, 6.07) is 0. The summed E-state index contributed by atoms with van der Waals surface area (Å²) in [4.78, 5) is 14.9. The van der Waals surface area contributed by atoms with E-state index in [9.17, 15) is 0 Å². The molecule has 0 aliphatic heterocycles. The van der Waals surface area contributed by atoms with E-state index in [0.29, 0.717) is 43.3 Å². The third-order valence-corrected chi connectivity index (χ3v) is 37.1. The molecule has 356 valence electrons. The standard InChI is InChI=1S/4C10H18P3.2C4H4N2.2Sr/c4*1-9(2,3)7-11-8(13-12-7)10(4,5)6;2*1-2-6-4-3-5-1;;/h4*1-6H3;2*1-4H;;/q4*-1;;;2*+2. The summed E-state index contributed by atoms with van der Waals surface area (Å²) in [5.74, 6) is 0.